The number of benzene rings is 6. The highest BCUT2D eigenvalue weighted by Crippen LogP contribution is 2.59. The van der Waals surface area contributed by atoms with Gasteiger partial charge in [0.1, 0.15) is 34.5 Å². The fourth-order valence-electron chi connectivity index (χ4n) is 9.39. The van der Waals surface area contributed by atoms with Crippen LogP contribution in [0.4, 0.5) is 69.7 Å². The van der Waals surface area contributed by atoms with Crippen molar-refractivity contribution in [2.45, 2.75) is 68.1 Å². The molecule has 0 unspecified atom stereocenters. The SMILES string of the molecule is CNC(=O)C1CCC(C(=O)Nc2cc(C(c3ccc(O)c(NC(=O)c4ccc(Oc5ccc(C(=O)Nc6cc(C(c7ccc(O)c(C)c7)(C(F)(F)F)C(F)(F)F)ccc6O)cc5)cc4)c3)(C(F)(F)F)C(F)(F)F)ccc2O)CC1. The Bertz CT molecular complexity index is 3250. The van der Waals surface area contributed by atoms with E-state index < -0.39 is 127 Å². The Kier molecular flexibility index (Phi) is 15.9. The number of phenolic OH excluding ortho intramolecular Hbond substituents is 4. The van der Waals surface area contributed by atoms with E-state index in [4.69, 9.17) is 4.74 Å². The third-order valence-electron chi connectivity index (χ3n) is 13.6. The summed E-state index contributed by atoms with van der Waals surface area (Å²) in [5.41, 5.74) is -18.7. The van der Waals surface area contributed by atoms with Crippen molar-refractivity contribution >= 4 is 40.7 Å². The number of hydrogen-bond acceptors (Lipinski definition) is 9. The number of anilines is 3. The van der Waals surface area contributed by atoms with Gasteiger partial charge in [0.2, 0.25) is 22.6 Å². The number of alkyl halides is 12. The molecule has 25 heteroatoms. The van der Waals surface area contributed by atoms with Crippen molar-refractivity contribution in [3.8, 4) is 34.5 Å². The number of amides is 4. The Labute approximate surface area is 439 Å². The molecule has 13 nitrogen and oxygen atoms in total. The van der Waals surface area contributed by atoms with Crippen LogP contribution in [0.1, 0.15) is 74.2 Å². The summed E-state index contributed by atoms with van der Waals surface area (Å²) < 4.78 is 186. The molecule has 0 atom stereocenters. The number of carbonyl (C=O) groups excluding carboxylic acids is 4. The molecule has 0 spiro atoms. The van der Waals surface area contributed by atoms with Crippen LogP contribution in [0.2, 0.25) is 0 Å². The Morgan fingerprint density at radius 3 is 1.05 bits per heavy atom. The maximum atomic E-state index is 15.3. The van der Waals surface area contributed by atoms with Gasteiger partial charge in [-0.15, -0.1) is 0 Å². The van der Waals surface area contributed by atoms with Crippen molar-refractivity contribution in [2.24, 2.45) is 11.8 Å². The number of ether oxygens (including phenoxy) is 1. The molecule has 6 aromatic carbocycles. The molecule has 1 fully saturated rings. The van der Waals surface area contributed by atoms with Gasteiger partial charge in [0.15, 0.2) is 0 Å². The lowest BCUT2D eigenvalue weighted by atomic mass is 9.72. The van der Waals surface area contributed by atoms with Gasteiger partial charge in [-0.2, -0.15) is 52.7 Å². The van der Waals surface area contributed by atoms with Crippen LogP contribution >= 0.6 is 0 Å². The number of halogens is 12. The third kappa shape index (κ3) is 11.2. The number of rotatable bonds is 13. The highest BCUT2D eigenvalue weighted by Gasteiger charge is 2.74. The van der Waals surface area contributed by atoms with Gasteiger partial charge in [0.25, 0.3) is 11.8 Å². The Morgan fingerprint density at radius 1 is 0.430 bits per heavy atom. The van der Waals surface area contributed by atoms with E-state index >= 15 is 26.3 Å². The zero-order valence-electron chi connectivity index (χ0n) is 40.9. The normalized spacial score (nSPS) is 15.4. The predicted octanol–water partition coefficient (Wildman–Crippen LogP) is 12.4. The summed E-state index contributed by atoms with van der Waals surface area (Å²) in [5.74, 6) is -7.82. The minimum atomic E-state index is -6.20. The van der Waals surface area contributed by atoms with Crippen LogP contribution < -0.4 is 26.0 Å². The molecule has 1 aliphatic rings. The minimum absolute atomic E-state index is 0.0000398. The van der Waals surface area contributed by atoms with Crippen LogP contribution in [0.25, 0.3) is 0 Å². The van der Waals surface area contributed by atoms with Gasteiger partial charge in [0, 0.05) is 30.0 Å². The van der Waals surface area contributed by atoms with Crippen LogP contribution in [0.5, 0.6) is 34.5 Å². The lowest BCUT2D eigenvalue weighted by Crippen LogP contribution is -2.54. The highest BCUT2D eigenvalue weighted by atomic mass is 19.4. The topological polar surface area (TPSA) is 207 Å². The molecule has 6 aromatic rings. The average molecular weight is 1120 g/mol. The van der Waals surface area contributed by atoms with Crippen molar-refractivity contribution in [1.29, 1.82) is 0 Å². The molecule has 79 heavy (non-hydrogen) atoms. The molecule has 0 radical (unpaired) electrons. The summed E-state index contributed by atoms with van der Waals surface area (Å²) in [7, 11) is 1.43. The molecule has 0 bridgehead atoms. The van der Waals surface area contributed by atoms with Gasteiger partial charge >= 0.3 is 24.7 Å². The molecule has 7 rings (SSSR count). The molecule has 4 amide bonds. The molecular weight excluding hydrogens is 1080 g/mol. The van der Waals surface area contributed by atoms with E-state index in [1.54, 1.807) is 0 Å². The van der Waals surface area contributed by atoms with Crippen molar-refractivity contribution in [2.75, 3.05) is 23.0 Å². The summed E-state index contributed by atoms with van der Waals surface area (Å²) >= 11 is 0. The van der Waals surface area contributed by atoms with Gasteiger partial charge in [-0.1, -0.05) is 30.3 Å². The standard InChI is InChI=1S/C54H44F12N4O9/c1-27-23-32(11-19-41(27)71)49(51(55,56)57,52(58,59)60)33-12-20-42(72)38(24-33)69-47(77)30-7-15-36(16-8-30)79-37-17-9-31(10-18-37)48(78)70-40-26-35(14-22-44(40)74)50(53(61,62)63,54(64,65)66)34-13-21-43(73)39(25-34)68-46(76)29-5-3-28(4-6-29)45(75)67-2/h7-26,28-29,71-74H,3-6H2,1-2H3,(H,67,75)(H,68,76)(H,69,77)(H,70,78). The molecule has 1 saturated carbocycles. The van der Waals surface area contributed by atoms with Crippen LogP contribution in [0, 0.1) is 18.8 Å². The van der Waals surface area contributed by atoms with Crippen molar-refractivity contribution in [3.05, 3.63) is 160 Å². The number of carbonyl (C=O) groups is 4. The maximum absolute atomic E-state index is 15.3. The Hall–Kier alpha value is -8.64. The number of phenols is 4. The van der Waals surface area contributed by atoms with Gasteiger partial charge in [0.05, 0.1) is 17.1 Å². The average Bonchev–Trinajstić information content (AvgIpc) is 3.58. The summed E-state index contributed by atoms with van der Waals surface area (Å²) in [6, 6.07) is 14.4. The summed E-state index contributed by atoms with van der Waals surface area (Å²) in [6.07, 6.45) is -23.6. The molecule has 0 aromatic heterocycles. The first-order chi connectivity index (χ1) is 36.8. The first kappa shape index (κ1) is 58.1. The molecular formula is C54H44F12N4O9. The molecule has 418 valence electrons. The largest absolute Gasteiger partial charge is 0.508 e. The quantitative estimate of drug-likeness (QED) is 0.0408. The van der Waals surface area contributed by atoms with Gasteiger partial charge < -0.3 is 46.4 Å². The van der Waals surface area contributed by atoms with Gasteiger partial charge in [-0.05, 0) is 151 Å². The first-order valence-electron chi connectivity index (χ1n) is 23.4. The van der Waals surface area contributed by atoms with Crippen LogP contribution in [-0.2, 0) is 20.4 Å². The molecule has 1 aliphatic carbocycles. The second kappa shape index (κ2) is 21.6. The fourth-order valence-corrected chi connectivity index (χ4v) is 9.39. The van der Waals surface area contributed by atoms with Crippen LogP contribution in [0.15, 0.2) is 121 Å². The summed E-state index contributed by atoms with van der Waals surface area (Å²) in [4.78, 5) is 51.8. The zero-order chi connectivity index (χ0) is 58.2. The summed E-state index contributed by atoms with van der Waals surface area (Å²) in [5, 5.41) is 50.3. The van der Waals surface area contributed by atoms with E-state index in [1.807, 2.05) is 0 Å². The number of hydrogen-bond donors (Lipinski definition) is 8. The molecule has 8 N–H and O–H groups in total. The second-order valence-electron chi connectivity index (χ2n) is 18.4. The zero-order valence-corrected chi connectivity index (χ0v) is 40.9. The van der Waals surface area contributed by atoms with Gasteiger partial charge in [-0.3, -0.25) is 19.2 Å². The molecule has 0 aliphatic heterocycles. The van der Waals surface area contributed by atoms with Crippen molar-refractivity contribution in [1.82, 2.24) is 5.32 Å². The lowest BCUT2D eigenvalue weighted by Gasteiger charge is -2.38. The third-order valence-corrected chi connectivity index (χ3v) is 13.6. The van der Waals surface area contributed by atoms with Crippen LogP contribution in [-0.4, -0.2) is 75.8 Å². The lowest BCUT2D eigenvalue weighted by molar-refractivity contribution is -0.290. The summed E-state index contributed by atoms with van der Waals surface area (Å²) in [6.45, 7) is 1.09. The minimum Gasteiger partial charge on any atom is -0.508 e. The number of aryl methyl sites for hydroxylation is 1. The first-order valence-corrected chi connectivity index (χ1v) is 23.4. The second-order valence-corrected chi connectivity index (χ2v) is 18.4. The number of aromatic hydroxyl groups is 4. The van der Waals surface area contributed by atoms with E-state index in [0.29, 0.717) is 66.7 Å². The van der Waals surface area contributed by atoms with E-state index in [0.717, 1.165) is 31.2 Å². The van der Waals surface area contributed by atoms with E-state index in [2.05, 4.69) is 21.3 Å². The van der Waals surface area contributed by atoms with E-state index in [9.17, 15) is 65.9 Å². The fraction of sp³-hybridized carbons (Fsp3) is 0.259. The van der Waals surface area contributed by atoms with Gasteiger partial charge in [-0.25, -0.2) is 0 Å². The number of nitrogens with one attached hydrogen (secondary N) is 4. The van der Waals surface area contributed by atoms with E-state index in [-0.39, 0.29) is 65.8 Å². The molecule has 0 heterocycles. The highest BCUT2D eigenvalue weighted by molar-refractivity contribution is 6.06. The predicted molar refractivity (Wildman–Crippen MR) is 260 cm³/mol. The van der Waals surface area contributed by atoms with E-state index in [1.165, 1.54) is 31.3 Å². The van der Waals surface area contributed by atoms with Crippen molar-refractivity contribution in [3.63, 3.8) is 0 Å². The smallest absolute Gasteiger partial charge is 0.411 e. The Balaban J connectivity index is 1.07. The monoisotopic (exact) mass is 1120 g/mol. The maximum Gasteiger partial charge on any atom is 0.411 e. The van der Waals surface area contributed by atoms with Crippen LogP contribution in [0.3, 0.4) is 0 Å². The molecule has 0 saturated heterocycles. The Morgan fingerprint density at radius 2 is 0.734 bits per heavy atom. The van der Waals surface area contributed by atoms with Crippen molar-refractivity contribution < 1.29 is 97.0 Å².